The van der Waals surface area contributed by atoms with Gasteiger partial charge in [-0.05, 0) is 56.2 Å². The first-order chi connectivity index (χ1) is 16.4. The summed E-state index contributed by atoms with van der Waals surface area (Å²) in [5.41, 5.74) is 1.01. The number of hydrogen-bond donors (Lipinski definition) is 0. The van der Waals surface area contributed by atoms with Crippen molar-refractivity contribution in [3.63, 3.8) is 0 Å². The van der Waals surface area contributed by atoms with Crippen LogP contribution in [-0.4, -0.2) is 47.8 Å². The molecule has 1 aliphatic heterocycles. The molecule has 0 radical (unpaired) electrons. The number of carbonyl (C=O) groups excluding carboxylic acids is 1. The van der Waals surface area contributed by atoms with Gasteiger partial charge in [-0.2, -0.15) is 0 Å². The van der Waals surface area contributed by atoms with Gasteiger partial charge in [0.1, 0.15) is 5.58 Å². The molecule has 0 N–H and O–H groups in total. The van der Waals surface area contributed by atoms with Crippen LogP contribution in [0.1, 0.15) is 34.1 Å². The van der Waals surface area contributed by atoms with E-state index in [1.807, 2.05) is 49.3 Å². The van der Waals surface area contributed by atoms with Crippen LogP contribution in [0.25, 0.3) is 21.7 Å². The second kappa shape index (κ2) is 8.39. The summed E-state index contributed by atoms with van der Waals surface area (Å²) in [5, 5.41) is 13.2. The van der Waals surface area contributed by atoms with Crippen LogP contribution in [-0.2, 0) is 0 Å². The molecule has 2 heterocycles. The van der Waals surface area contributed by atoms with E-state index in [9.17, 15) is 19.7 Å². The van der Waals surface area contributed by atoms with Gasteiger partial charge in [-0.15, -0.1) is 0 Å². The second-order valence-electron chi connectivity index (χ2n) is 8.74. The molecule has 1 unspecified atom stereocenters. The maximum atomic E-state index is 13.7. The van der Waals surface area contributed by atoms with Crippen molar-refractivity contribution < 1.29 is 14.1 Å². The third-order valence-electron chi connectivity index (χ3n) is 6.28. The minimum Gasteiger partial charge on any atom is -0.450 e. The lowest BCUT2D eigenvalue weighted by Gasteiger charge is -2.25. The molecule has 1 atom stereocenters. The number of amides is 1. The average molecular weight is 457 g/mol. The van der Waals surface area contributed by atoms with E-state index in [1.165, 1.54) is 12.1 Å². The van der Waals surface area contributed by atoms with Crippen molar-refractivity contribution in [2.45, 2.75) is 12.5 Å². The molecule has 1 aromatic heterocycles. The second-order valence-corrected chi connectivity index (χ2v) is 8.74. The summed E-state index contributed by atoms with van der Waals surface area (Å²) < 4.78 is 6.17. The summed E-state index contributed by atoms with van der Waals surface area (Å²) in [6, 6.07) is 16.5. The van der Waals surface area contributed by atoms with Crippen molar-refractivity contribution in [1.82, 2.24) is 9.80 Å². The summed E-state index contributed by atoms with van der Waals surface area (Å²) >= 11 is 0. The standard InChI is InChI=1S/C26H23N3O5/c1-27(2)14-5-15-28-22(17-8-11-18(12-9-17)29(32)33)21-23(30)20-13-10-16-6-3-4-7-19(16)24(20)34-25(21)26(28)31/h3-4,6-13,22H,5,14-15H2,1-2H3. The van der Waals surface area contributed by atoms with E-state index in [0.29, 0.717) is 29.5 Å². The summed E-state index contributed by atoms with van der Waals surface area (Å²) in [7, 11) is 3.91. The summed E-state index contributed by atoms with van der Waals surface area (Å²) in [6.45, 7) is 1.18. The Morgan fingerprint density at radius 2 is 1.74 bits per heavy atom. The Bertz CT molecular complexity index is 1490. The minimum atomic E-state index is -0.669. The third kappa shape index (κ3) is 3.52. The first-order valence-corrected chi connectivity index (χ1v) is 11.1. The molecule has 172 valence electrons. The molecule has 0 fully saturated rings. The van der Waals surface area contributed by atoms with Gasteiger partial charge >= 0.3 is 0 Å². The largest absolute Gasteiger partial charge is 0.450 e. The van der Waals surface area contributed by atoms with Gasteiger partial charge in [0.2, 0.25) is 5.76 Å². The zero-order valence-electron chi connectivity index (χ0n) is 18.9. The Morgan fingerprint density at radius 3 is 2.44 bits per heavy atom. The van der Waals surface area contributed by atoms with Crippen molar-refractivity contribution >= 4 is 33.3 Å². The van der Waals surface area contributed by atoms with E-state index in [2.05, 4.69) is 0 Å². The lowest BCUT2D eigenvalue weighted by molar-refractivity contribution is -0.384. The van der Waals surface area contributed by atoms with E-state index in [0.717, 1.165) is 17.3 Å². The highest BCUT2D eigenvalue weighted by Crippen LogP contribution is 2.39. The lowest BCUT2D eigenvalue weighted by atomic mass is 9.97. The predicted molar refractivity (Wildman–Crippen MR) is 129 cm³/mol. The summed E-state index contributed by atoms with van der Waals surface area (Å²) in [4.78, 5) is 41.6. The van der Waals surface area contributed by atoms with Crippen molar-refractivity contribution in [3.05, 3.63) is 97.9 Å². The van der Waals surface area contributed by atoms with Crippen LogP contribution in [0.5, 0.6) is 0 Å². The predicted octanol–water partition coefficient (Wildman–Crippen LogP) is 4.35. The molecule has 0 saturated carbocycles. The summed E-state index contributed by atoms with van der Waals surface area (Å²) in [5.74, 6) is -0.300. The first kappa shape index (κ1) is 21.8. The Morgan fingerprint density at radius 1 is 1.00 bits per heavy atom. The van der Waals surface area contributed by atoms with Crippen LogP contribution in [0.3, 0.4) is 0 Å². The Kier molecular flexibility index (Phi) is 5.37. The van der Waals surface area contributed by atoms with Gasteiger partial charge in [0.25, 0.3) is 11.6 Å². The van der Waals surface area contributed by atoms with Crippen LogP contribution in [0.15, 0.2) is 69.9 Å². The number of nitro groups is 1. The Labute approximate surface area is 195 Å². The molecule has 5 rings (SSSR count). The number of carbonyl (C=O) groups is 1. The quantitative estimate of drug-likeness (QED) is 0.243. The monoisotopic (exact) mass is 457 g/mol. The molecule has 34 heavy (non-hydrogen) atoms. The first-order valence-electron chi connectivity index (χ1n) is 11.1. The average Bonchev–Trinajstić information content (AvgIpc) is 3.11. The van der Waals surface area contributed by atoms with E-state index in [4.69, 9.17) is 4.42 Å². The number of nitrogens with zero attached hydrogens (tertiary/aromatic N) is 3. The minimum absolute atomic E-state index is 0.0436. The van der Waals surface area contributed by atoms with Crippen LogP contribution in [0.4, 0.5) is 5.69 Å². The molecule has 8 nitrogen and oxygen atoms in total. The fraction of sp³-hybridized carbons (Fsp3) is 0.231. The summed E-state index contributed by atoms with van der Waals surface area (Å²) in [6.07, 6.45) is 0.701. The van der Waals surface area contributed by atoms with Crippen LogP contribution >= 0.6 is 0 Å². The number of fused-ring (bicyclic) bond motifs is 4. The zero-order chi connectivity index (χ0) is 24.0. The molecule has 1 aliphatic rings. The highest BCUT2D eigenvalue weighted by Gasteiger charge is 2.42. The van der Waals surface area contributed by atoms with Gasteiger partial charge < -0.3 is 14.2 Å². The van der Waals surface area contributed by atoms with Crippen molar-refractivity contribution in [1.29, 1.82) is 0 Å². The number of benzene rings is 3. The molecular weight excluding hydrogens is 434 g/mol. The number of rotatable bonds is 6. The number of non-ortho nitro benzene ring substituents is 1. The Balaban J connectivity index is 1.70. The van der Waals surface area contributed by atoms with Gasteiger partial charge in [0, 0.05) is 24.1 Å². The number of hydrogen-bond acceptors (Lipinski definition) is 6. The molecule has 0 saturated heterocycles. The molecule has 1 amide bonds. The third-order valence-corrected chi connectivity index (χ3v) is 6.28. The van der Waals surface area contributed by atoms with Gasteiger partial charge in [-0.1, -0.05) is 30.3 Å². The van der Waals surface area contributed by atoms with Crippen LogP contribution in [0, 0.1) is 10.1 Å². The van der Waals surface area contributed by atoms with E-state index in [1.54, 1.807) is 23.1 Å². The van der Waals surface area contributed by atoms with E-state index >= 15 is 0 Å². The zero-order valence-corrected chi connectivity index (χ0v) is 18.9. The smallest absolute Gasteiger partial charge is 0.290 e. The van der Waals surface area contributed by atoms with Crippen molar-refractivity contribution in [2.24, 2.45) is 0 Å². The molecule has 0 bridgehead atoms. The van der Waals surface area contributed by atoms with E-state index in [-0.39, 0.29) is 28.3 Å². The van der Waals surface area contributed by atoms with Crippen LogP contribution in [0.2, 0.25) is 0 Å². The SMILES string of the molecule is CN(C)CCCN1C(=O)c2oc3c(ccc4ccccc43)c(=O)c2C1c1ccc([N+](=O)[O-])cc1. The lowest BCUT2D eigenvalue weighted by Crippen LogP contribution is -2.32. The van der Waals surface area contributed by atoms with Gasteiger partial charge in [-0.3, -0.25) is 19.7 Å². The highest BCUT2D eigenvalue weighted by molar-refractivity contribution is 6.06. The maximum absolute atomic E-state index is 13.7. The maximum Gasteiger partial charge on any atom is 0.290 e. The normalized spacial score (nSPS) is 15.4. The van der Waals surface area contributed by atoms with Gasteiger partial charge in [0.15, 0.2) is 5.43 Å². The Hall–Kier alpha value is -4.04. The highest BCUT2D eigenvalue weighted by atomic mass is 16.6. The fourth-order valence-corrected chi connectivity index (χ4v) is 4.66. The van der Waals surface area contributed by atoms with Gasteiger partial charge in [-0.25, -0.2) is 0 Å². The fourth-order valence-electron chi connectivity index (χ4n) is 4.66. The molecule has 0 spiro atoms. The molecule has 4 aromatic rings. The molecule has 3 aromatic carbocycles. The van der Waals surface area contributed by atoms with Crippen molar-refractivity contribution in [3.8, 4) is 0 Å². The van der Waals surface area contributed by atoms with E-state index < -0.39 is 11.0 Å². The topological polar surface area (TPSA) is 96.9 Å². The van der Waals surface area contributed by atoms with Crippen LogP contribution < -0.4 is 5.43 Å². The molecule has 0 aliphatic carbocycles. The number of nitro benzene ring substituents is 1. The molecule has 8 heteroatoms. The van der Waals surface area contributed by atoms with Gasteiger partial charge in [0.05, 0.1) is 21.9 Å². The van der Waals surface area contributed by atoms with Crippen molar-refractivity contribution in [2.75, 3.05) is 27.2 Å². The molecular formula is C26H23N3O5.